The quantitative estimate of drug-likeness (QED) is 0.778. The highest BCUT2D eigenvalue weighted by molar-refractivity contribution is 5.82. The summed E-state index contributed by atoms with van der Waals surface area (Å²) in [7, 11) is 0. The molecule has 0 spiro atoms. The molecule has 3 amide bonds. The highest BCUT2D eigenvalue weighted by atomic mass is 16.6. The average Bonchev–Trinajstić information content (AvgIpc) is 2.48. The summed E-state index contributed by atoms with van der Waals surface area (Å²) in [5.41, 5.74) is -0.607. The molecular weight excluding hydrogens is 302 g/mol. The molecule has 130 valence electrons. The molecule has 0 aromatic rings. The monoisotopic (exact) mass is 327 g/mol. The van der Waals surface area contributed by atoms with Crippen LogP contribution in [0.25, 0.3) is 0 Å². The zero-order valence-corrected chi connectivity index (χ0v) is 14.0. The standard InChI is InChI=1S/C15H25N3O5/c1-5-10-22-14(21)18-8-6-17(7-9-18)12(19)11-16-13(20)23-15(2,3)4/h5H,1,6-11H2,2-4H3,(H,16,20). The Morgan fingerprint density at radius 3 is 2.22 bits per heavy atom. The van der Waals surface area contributed by atoms with Gasteiger partial charge in [-0.05, 0) is 20.8 Å². The topological polar surface area (TPSA) is 88.2 Å². The lowest BCUT2D eigenvalue weighted by molar-refractivity contribution is -0.131. The lowest BCUT2D eigenvalue weighted by atomic mass is 10.2. The fraction of sp³-hybridized carbons (Fsp3) is 0.667. The van der Waals surface area contributed by atoms with Crippen molar-refractivity contribution in [2.24, 2.45) is 0 Å². The van der Waals surface area contributed by atoms with Gasteiger partial charge in [0.25, 0.3) is 0 Å². The molecule has 1 fully saturated rings. The lowest BCUT2D eigenvalue weighted by Crippen LogP contribution is -2.52. The van der Waals surface area contributed by atoms with E-state index < -0.39 is 17.8 Å². The molecule has 23 heavy (non-hydrogen) atoms. The molecule has 0 atom stereocenters. The van der Waals surface area contributed by atoms with Crippen molar-refractivity contribution in [1.82, 2.24) is 15.1 Å². The fourth-order valence-electron chi connectivity index (χ4n) is 1.93. The minimum Gasteiger partial charge on any atom is -0.445 e. The maximum Gasteiger partial charge on any atom is 0.410 e. The van der Waals surface area contributed by atoms with E-state index in [1.165, 1.54) is 11.0 Å². The number of carbonyl (C=O) groups is 3. The van der Waals surface area contributed by atoms with Gasteiger partial charge in [0, 0.05) is 26.2 Å². The van der Waals surface area contributed by atoms with Crippen LogP contribution < -0.4 is 5.32 Å². The van der Waals surface area contributed by atoms with Crippen molar-refractivity contribution < 1.29 is 23.9 Å². The fourth-order valence-corrected chi connectivity index (χ4v) is 1.93. The Morgan fingerprint density at radius 1 is 1.13 bits per heavy atom. The Morgan fingerprint density at radius 2 is 1.70 bits per heavy atom. The molecule has 0 aliphatic carbocycles. The first-order chi connectivity index (χ1) is 10.7. The van der Waals surface area contributed by atoms with Crippen molar-refractivity contribution in [2.45, 2.75) is 26.4 Å². The summed E-state index contributed by atoms with van der Waals surface area (Å²) in [4.78, 5) is 38.3. The van der Waals surface area contributed by atoms with Crippen LogP contribution in [-0.4, -0.2) is 72.8 Å². The van der Waals surface area contributed by atoms with Gasteiger partial charge in [0.05, 0.1) is 0 Å². The summed E-state index contributed by atoms with van der Waals surface area (Å²) in [5, 5.41) is 2.43. The third kappa shape index (κ3) is 7.03. The Kier molecular flexibility index (Phi) is 6.87. The van der Waals surface area contributed by atoms with Gasteiger partial charge in [0.1, 0.15) is 18.8 Å². The maximum atomic E-state index is 12.0. The van der Waals surface area contributed by atoms with E-state index in [4.69, 9.17) is 9.47 Å². The van der Waals surface area contributed by atoms with Gasteiger partial charge in [0.15, 0.2) is 0 Å². The Labute approximate surface area is 136 Å². The van der Waals surface area contributed by atoms with Crippen molar-refractivity contribution in [2.75, 3.05) is 39.3 Å². The molecule has 8 heteroatoms. The zero-order valence-electron chi connectivity index (χ0n) is 14.0. The minimum atomic E-state index is -0.627. The first-order valence-corrected chi connectivity index (χ1v) is 7.50. The Bertz CT molecular complexity index is 451. The average molecular weight is 327 g/mol. The molecule has 1 aliphatic heterocycles. The molecule has 0 aromatic heterocycles. The van der Waals surface area contributed by atoms with E-state index in [2.05, 4.69) is 11.9 Å². The van der Waals surface area contributed by atoms with Gasteiger partial charge in [-0.3, -0.25) is 4.79 Å². The van der Waals surface area contributed by atoms with Gasteiger partial charge in [0.2, 0.25) is 5.91 Å². The molecular formula is C15H25N3O5. The summed E-state index contributed by atoms with van der Waals surface area (Å²) in [5.74, 6) is -0.213. The second kappa shape index (κ2) is 8.40. The number of hydrogen-bond donors (Lipinski definition) is 1. The number of ether oxygens (including phenoxy) is 2. The number of alkyl carbamates (subject to hydrolysis) is 1. The third-order valence-corrected chi connectivity index (χ3v) is 3.00. The summed E-state index contributed by atoms with van der Waals surface area (Å²) in [6.07, 6.45) is 0.460. The number of piperazine rings is 1. The highest BCUT2D eigenvalue weighted by Gasteiger charge is 2.25. The molecule has 0 bridgehead atoms. The Balaban J connectivity index is 2.31. The predicted octanol–water partition coefficient (Wildman–Crippen LogP) is 0.978. The first kappa shape index (κ1) is 18.8. The second-order valence-electron chi connectivity index (χ2n) is 6.09. The van der Waals surface area contributed by atoms with E-state index in [-0.39, 0.29) is 19.1 Å². The maximum absolute atomic E-state index is 12.0. The summed E-state index contributed by atoms with van der Waals surface area (Å²) in [6, 6.07) is 0. The number of amides is 3. The molecule has 0 aromatic carbocycles. The SMILES string of the molecule is C=CCOC(=O)N1CCN(C(=O)CNC(=O)OC(C)(C)C)CC1. The van der Waals surface area contributed by atoms with Crippen molar-refractivity contribution in [3.8, 4) is 0 Å². The highest BCUT2D eigenvalue weighted by Crippen LogP contribution is 2.07. The molecule has 0 radical (unpaired) electrons. The summed E-state index contributed by atoms with van der Waals surface area (Å²) >= 11 is 0. The number of carbonyl (C=O) groups excluding carboxylic acids is 3. The van der Waals surface area contributed by atoms with Crippen LogP contribution in [0.4, 0.5) is 9.59 Å². The van der Waals surface area contributed by atoms with Gasteiger partial charge in [-0.1, -0.05) is 12.7 Å². The molecule has 1 rings (SSSR count). The number of hydrogen-bond acceptors (Lipinski definition) is 5. The van der Waals surface area contributed by atoms with Gasteiger partial charge in [-0.15, -0.1) is 0 Å². The largest absolute Gasteiger partial charge is 0.445 e. The van der Waals surface area contributed by atoms with Crippen LogP contribution in [-0.2, 0) is 14.3 Å². The van der Waals surface area contributed by atoms with E-state index in [1.807, 2.05) is 0 Å². The van der Waals surface area contributed by atoms with Gasteiger partial charge >= 0.3 is 12.2 Å². The van der Waals surface area contributed by atoms with E-state index in [1.54, 1.807) is 25.7 Å². The van der Waals surface area contributed by atoms with Crippen LogP contribution in [0, 0.1) is 0 Å². The third-order valence-electron chi connectivity index (χ3n) is 3.00. The molecule has 1 N–H and O–H groups in total. The number of rotatable bonds is 4. The van der Waals surface area contributed by atoms with Crippen LogP contribution in [0.15, 0.2) is 12.7 Å². The minimum absolute atomic E-state index is 0.129. The molecule has 1 aliphatic rings. The van der Waals surface area contributed by atoms with Crippen LogP contribution >= 0.6 is 0 Å². The summed E-state index contributed by atoms with van der Waals surface area (Å²) in [6.45, 7) is 10.4. The predicted molar refractivity (Wildman–Crippen MR) is 83.9 cm³/mol. The smallest absolute Gasteiger partial charge is 0.410 e. The lowest BCUT2D eigenvalue weighted by Gasteiger charge is -2.34. The van der Waals surface area contributed by atoms with E-state index in [9.17, 15) is 14.4 Å². The number of nitrogens with zero attached hydrogens (tertiary/aromatic N) is 2. The van der Waals surface area contributed by atoms with Crippen LogP contribution in [0.2, 0.25) is 0 Å². The van der Waals surface area contributed by atoms with Crippen LogP contribution in [0.1, 0.15) is 20.8 Å². The second-order valence-corrected chi connectivity index (χ2v) is 6.09. The van der Waals surface area contributed by atoms with Crippen molar-refractivity contribution in [3.63, 3.8) is 0 Å². The van der Waals surface area contributed by atoms with Crippen LogP contribution in [0.5, 0.6) is 0 Å². The zero-order chi connectivity index (χ0) is 17.5. The molecule has 1 saturated heterocycles. The Hall–Kier alpha value is -2.25. The molecule has 0 unspecified atom stereocenters. The van der Waals surface area contributed by atoms with Crippen LogP contribution in [0.3, 0.4) is 0 Å². The first-order valence-electron chi connectivity index (χ1n) is 7.50. The summed E-state index contributed by atoms with van der Waals surface area (Å²) < 4.78 is 10.0. The van der Waals surface area contributed by atoms with E-state index in [0.29, 0.717) is 26.2 Å². The van der Waals surface area contributed by atoms with E-state index >= 15 is 0 Å². The van der Waals surface area contributed by atoms with Gasteiger partial charge in [-0.2, -0.15) is 0 Å². The molecule has 8 nitrogen and oxygen atoms in total. The molecule has 0 saturated carbocycles. The van der Waals surface area contributed by atoms with Gasteiger partial charge < -0.3 is 24.6 Å². The van der Waals surface area contributed by atoms with Gasteiger partial charge in [-0.25, -0.2) is 9.59 Å². The van der Waals surface area contributed by atoms with E-state index in [0.717, 1.165) is 0 Å². The van der Waals surface area contributed by atoms with Crippen molar-refractivity contribution in [3.05, 3.63) is 12.7 Å². The normalized spacial score (nSPS) is 14.9. The van der Waals surface area contributed by atoms with Crippen molar-refractivity contribution >= 4 is 18.1 Å². The molecule has 1 heterocycles. The number of nitrogens with one attached hydrogen (secondary N) is 1. The van der Waals surface area contributed by atoms with Crippen molar-refractivity contribution in [1.29, 1.82) is 0 Å².